The van der Waals surface area contributed by atoms with E-state index in [0.717, 1.165) is 30.3 Å². The summed E-state index contributed by atoms with van der Waals surface area (Å²) in [7, 11) is 2.16. The molecule has 1 fully saturated rings. The molecule has 0 unspecified atom stereocenters. The van der Waals surface area contributed by atoms with Crippen LogP contribution in [0.3, 0.4) is 0 Å². The molecule has 0 aliphatic heterocycles. The first-order valence-electron chi connectivity index (χ1n) is 11.0. The van der Waals surface area contributed by atoms with Crippen LogP contribution < -0.4 is 10.9 Å². The maximum Gasteiger partial charge on any atom is 0.270 e. The molecule has 0 bridgehead atoms. The third kappa shape index (κ3) is 4.55. The highest BCUT2D eigenvalue weighted by molar-refractivity contribution is 5.92. The van der Waals surface area contributed by atoms with E-state index in [9.17, 15) is 9.59 Å². The third-order valence-electron chi connectivity index (χ3n) is 5.86. The molecule has 1 N–H and O–H groups in total. The molecule has 0 spiro atoms. The van der Waals surface area contributed by atoms with Crippen LogP contribution in [0.25, 0.3) is 11.3 Å². The van der Waals surface area contributed by atoms with Gasteiger partial charge in [0.1, 0.15) is 17.0 Å². The van der Waals surface area contributed by atoms with Crippen molar-refractivity contribution in [3.05, 3.63) is 82.3 Å². The summed E-state index contributed by atoms with van der Waals surface area (Å²) in [6.07, 6.45) is 9.71. The van der Waals surface area contributed by atoms with Crippen molar-refractivity contribution in [2.24, 2.45) is 5.92 Å². The largest absolute Gasteiger partial charge is 0.345 e. The van der Waals surface area contributed by atoms with E-state index in [-0.39, 0.29) is 17.8 Å². The van der Waals surface area contributed by atoms with Gasteiger partial charge in [0.15, 0.2) is 0 Å². The van der Waals surface area contributed by atoms with Crippen LogP contribution >= 0.6 is 0 Å². The minimum atomic E-state index is -0.400. The molecule has 1 aliphatic carbocycles. The molecule has 164 valence electrons. The highest BCUT2D eigenvalue weighted by atomic mass is 16.2. The number of fused-ring (bicyclic) bond motifs is 2. The van der Waals surface area contributed by atoms with E-state index in [1.165, 1.54) is 35.3 Å². The van der Waals surface area contributed by atoms with Crippen molar-refractivity contribution in [1.29, 1.82) is 0 Å². The quantitative estimate of drug-likeness (QED) is 0.464. The molecule has 4 aromatic rings. The van der Waals surface area contributed by atoms with Crippen LogP contribution in [0.15, 0.2) is 59.8 Å². The molecule has 4 heterocycles. The monoisotopic (exact) mass is 430 g/mol. The lowest BCUT2D eigenvalue weighted by Gasteiger charge is -2.16. The average molecular weight is 431 g/mol. The van der Waals surface area contributed by atoms with Crippen molar-refractivity contribution in [2.45, 2.75) is 32.4 Å². The van der Waals surface area contributed by atoms with Gasteiger partial charge in [0.2, 0.25) is 0 Å². The molecule has 8 nitrogen and oxygen atoms in total. The Morgan fingerprint density at radius 1 is 1.16 bits per heavy atom. The number of nitrogens with one attached hydrogen (secondary N) is 1. The predicted molar refractivity (Wildman–Crippen MR) is 121 cm³/mol. The molecular formula is C24H26N6O2. The Morgan fingerprint density at radius 3 is 2.88 bits per heavy atom. The lowest BCUT2D eigenvalue weighted by atomic mass is 10.2. The summed E-state index contributed by atoms with van der Waals surface area (Å²) in [4.78, 5) is 36.0. The van der Waals surface area contributed by atoms with Crippen LogP contribution in [0.5, 0.6) is 0 Å². The van der Waals surface area contributed by atoms with Crippen molar-refractivity contribution in [3.8, 4) is 0 Å². The highest BCUT2D eigenvalue weighted by Gasteiger charge is 2.21. The topological polar surface area (TPSA) is 84.0 Å². The Balaban J connectivity index is 1.24. The van der Waals surface area contributed by atoms with E-state index in [1.54, 1.807) is 24.4 Å². The summed E-state index contributed by atoms with van der Waals surface area (Å²) < 4.78 is 3.39. The van der Waals surface area contributed by atoms with Crippen molar-refractivity contribution in [3.63, 3.8) is 0 Å². The second-order valence-electron chi connectivity index (χ2n) is 8.60. The molecule has 1 aliphatic rings. The molecule has 1 amide bonds. The molecule has 5 rings (SSSR count). The fourth-order valence-corrected chi connectivity index (χ4v) is 3.90. The zero-order valence-electron chi connectivity index (χ0n) is 18.1. The average Bonchev–Trinajstić information content (AvgIpc) is 3.54. The second-order valence-corrected chi connectivity index (χ2v) is 8.60. The number of hydrogen-bond acceptors (Lipinski definition) is 5. The molecule has 32 heavy (non-hydrogen) atoms. The fraction of sp³-hybridized carbons (Fsp3) is 0.333. The fourth-order valence-electron chi connectivity index (χ4n) is 3.90. The Bertz CT molecular complexity index is 1340. The second kappa shape index (κ2) is 8.55. The summed E-state index contributed by atoms with van der Waals surface area (Å²) >= 11 is 0. The molecule has 0 aromatic carbocycles. The van der Waals surface area contributed by atoms with Gasteiger partial charge in [-0.15, -0.1) is 0 Å². The van der Waals surface area contributed by atoms with Crippen molar-refractivity contribution < 1.29 is 4.79 Å². The summed E-state index contributed by atoms with van der Waals surface area (Å²) in [5, 5.41) is 2.81. The van der Waals surface area contributed by atoms with Crippen LogP contribution in [0.4, 0.5) is 0 Å². The molecule has 1 saturated carbocycles. The van der Waals surface area contributed by atoms with Gasteiger partial charge in [-0.25, -0.2) is 9.97 Å². The zero-order valence-corrected chi connectivity index (χ0v) is 18.1. The summed E-state index contributed by atoms with van der Waals surface area (Å²) in [5.41, 5.74) is 3.05. The standard InChI is InChI=1S/C24H26N6O2/c1-28(11-9-17-5-6-17)14-18-7-8-21-26-19(16-29(21)15-18)13-25-24(32)20-12-23(31)30-10-3-2-4-22(30)27-20/h2-4,7-8,10,12,15-17H,5-6,9,11,13-14H2,1H3,(H,25,32). The van der Waals surface area contributed by atoms with Crippen LogP contribution in [-0.4, -0.2) is 43.2 Å². The van der Waals surface area contributed by atoms with Gasteiger partial charge in [-0.3, -0.25) is 14.0 Å². The van der Waals surface area contributed by atoms with Crippen molar-refractivity contribution in [2.75, 3.05) is 13.6 Å². The van der Waals surface area contributed by atoms with E-state index < -0.39 is 5.91 Å². The molecule has 0 radical (unpaired) electrons. The van der Waals surface area contributed by atoms with Gasteiger partial charge in [0, 0.05) is 31.2 Å². The van der Waals surface area contributed by atoms with Gasteiger partial charge in [-0.1, -0.05) is 25.0 Å². The maximum atomic E-state index is 12.6. The number of pyridine rings is 2. The lowest BCUT2D eigenvalue weighted by Crippen LogP contribution is -2.27. The number of amides is 1. The van der Waals surface area contributed by atoms with Gasteiger partial charge < -0.3 is 14.6 Å². The lowest BCUT2D eigenvalue weighted by molar-refractivity contribution is 0.0945. The SMILES string of the molecule is CN(CCC1CC1)Cc1ccc2nc(CNC(=O)c3cc(=O)n4ccccc4n3)cn2c1. The van der Waals surface area contributed by atoms with Crippen LogP contribution in [0.1, 0.15) is 41.0 Å². The first kappa shape index (κ1) is 20.4. The molecule has 0 saturated heterocycles. The number of imidazole rings is 1. The Hall–Kier alpha value is -3.52. The number of aromatic nitrogens is 4. The number of rotatable bonds is 8. The van der Waals surface area contributed by atoms with Crippen molar-refractivity contribution in [1.82, 2.24) is 29.0 Å². The first-order valence-corrected chi connectivity index (χ1v) is 11.0. The summed E-state index contributed by atoms with van der Waals surface area (Å²) in [6.45, 7) is 2.28. The number of hydrogen-bond donors (Lipinski definition) is 1. The van der Waals surface area contributed by atoms with E-state index in [4.69, 9.17) is 0 Å². The molecular weight excluding hydrogens is 404 g/mol. The molecule has 8 heteroatoms. The Morgan fingerprint density at radius 2 is 2.03 bits per heavy atom. The molecule has 4 aromatic heterocycles. The molecule has 0 atom stereocenters. The van der Waals surface area contributed by atoms with Gasteiger partial charge in [0.25, 0.3) is 11.5 Å². The smallest absolute Gasteiger partial charge is 0.270 e. The Labute approximate surface area is 185 Å². The van der Waals surface area contributed by atoms with Gasteiger partial charge in [0.05, 0.1) is 12.2 Å². The minimum absolute atomic E-state index is 0.0986. The van der Waals surface area contributed by atoms with Crippen LogP contribution in [0, 0.1) is 5.92 Å². The maximum absolute atomic E-state index is 12.6. The van der Waals surface area contributed by atoms with E-state index in [2.05, 4.69) is 39.5 Å². The number of nitrogens with zero attached hydrogens (tertiary/aromatic N) is 5. The Kier molecular flexibility index (Phi) is 5.45. The van der Waals surface area contributed by atoms with Crippen LogP contribution in [0.2, 0.25) is 0 Å². The van der Waals surface area contributed by atoms with E-state index in [0.29, 0.717) is 5.65 Å². The first-order chi connectivity index (χ1) is 15.5. The number of carbonyl (C=O) groups is 1. The normalized spacial score (nSPS) is 13.8. The zero-order chi connectivity index (χ0) is 22.1. The van der Waals surface area contributed by atoms with Crippen molar-refractivity contribution >= 4 is 17.2 Å². The number of carbonyl (C=O) groups excluding carboxylic acids is 1. The van der Waals surface area contributed by atoms with E-state index >= 15 is 0 Å². The van der Waals surface area contributed by atoms with Crippen LogP contribution in [-0.2, 0) is 13.1 Å². The van der Waals surface area contributed by atoms with Gasteiger partial charge >= 0.3 is 0 Å². The van der Waals surface area contributed by atoms with E-state index in [1.807, 2.05) is 16.7 Å². The summed E-state index contributed by atoms with van der Waals surface area (Å²) in [5.74, 6) is 0.540. The summed E-state index contributed by atoms with van der Waals surface area (Å²) in [6, 6.07) is 10.6. The third-order valence-corrected chi connectivity index (χ3v) is 5.86. The predicted octanol–water partition coefficient (Wildman–Crippen LogP) is 2.50. The minimum Gasteiger partial charge on any atom is -0.345 e. The van der Waals surface area contributed by atoms with Gasteiger partial charge in [-0.2, -0.15) is 0 Å². The highest BCUT2D eigenvalue weighted by Crippen LogP contribution is 2.32. The van der Waals surface area contributed by atoms with Gasteiger partial charge in [-0.05, 0) is 49.7 Å².